The standard InChI is InChI=1S/C22H24FN3O3S/c1-15-10-16(2)14-26(13-15)30(28,29)18-7-5-6-17(11-18)22(27)25-21(12-24)19-8-3-4-9-20(19)23/h3-9,11,15-16,21H,10,13-14H2,1-2H3,(H,25,27). The molecule has 0 bridgehead atoms. The van der Waals surface area contributed by atoms with Crippen molar-refractivity contribution in [1.29, 1.82) is 5.26 Å². The van der Waals surface area contributed by atoms with E-state index in [1.807, 2.05) is 19.9 Å². The van der Waals surface area contributed by atoms with Gasteiger partial charge in [-0.15, -0.1) is 0 Å². The van der Waals surface area contributed by atoms with E-state index in [2.05, 4.69) is 5.32 Å². The maximum atomic E-state index is 14.0. The number of nitrogens with zero attached hydrogens (tertiary/aromatic N) is 2. The number of amides is 1. The summed E-state index contributed by atoms with van der Waals surface area (Å²) in [5.74, 6) is -0.740. The van der Waals surface area contributed by atoms with Crippen molar-refractivity contribution >= 4 is 15.9 Å². The average Bonchev–Trinajstić information content (AvgIpc) is 2.72. The second kappa shape index (κ2) is 8.94. The van der Waals surface area contributed by atoms with Gasteiger partial charge in [-0.05, 0) is 42.5 Å². The van der Waals surface area contributed by atoms with Crippen LogP contribution in [0.2, 0.25) is 0 Å². The smallest absolute Gasteiger partial charge is 0.252 e. The summed E-state index contributed by atoms with van der Waals surface area (Å²) in [4.78, 5) is 12.7. The molecule has 30 heavy (non-hydrogen) atoms. The number of carbonyl (C=O) groups is 1. The highest BCUT2D eigenvalue weighted by atomic mass is 32.2. The molecule has 8 heteroatoms. The molecule has 3 unspecified atom stereocenters. The first kappa shape index (κ1) is 21.9. The molecule has 3 rings (SSSR count). The van der Waals surface area contributed by atoms with Gasteiger partial charge in [-0.2, -0.15) is 9.57 Å². The first-order chi connectivity index (χ1) is 14.2. The molecule has 1 aliphatic heterocycles. The van der Waals surface area contributed by atoms with Crippen molar-refractivity contribution in [2.24, 2.45) is 11.8 Å². The van der Waals surface area contributed by atoms with Gasteiger partial charge in [0, 0.05) is 24.2 Å². The van der Waals surface area contributed by atoms with Crippen LogP contribution in [0, 0.1) is 29.0 Å². The summed E-state index contributed by atoms with van der Waals surface area (Å²) in [6.07, 6.45) is 0.972. The summed E-state index contributed by atoms with van der Waals surface area (Å²) in [5.41, 5.74) is 0.138. The fourth-order valence-corrected chi connectivity index (χ4v) is 5.58. The van der Waals surface area contributed by atoms with Crippen LogP contribution in [-0.2, 0) is 10.0 Å². The van der Waals surface area contributed by atoms with Gasteiger partial charge in [-0.3, -0.25) is 4.79 Å². The topological polar surface area (TPSA) is 90.3 Å². The van der Waals surface area contributed by atoms with Crippen molar-refractivity contribution in [1.82, 2.24) is 9.62 Å². The van der Waals surface area contributed by atoms with Gasteiger partial charge in [0.25, 0.3) is 5.91 Å². The number of hydrogen-bond acceptors (Lipinski definition) is 4. The van der Waals surface area contributed by atoms with Gasteiger partial charge in [-0.25, -0.2) is 12.8 Å². The monoisotopic (exact) mass is 429 g/mol. The molecule has 3 atom stereocenters. The normalized spacial score (nSPS) is 20.9. The van der Waals surface area contributed by atoms with Gasteiger partial charge < -0.3 is 5.32 Å². The third-order valence-corrected chi connectivity index (χ3v) is 7.02. The van der Waals surface area contributed by atoms with Gasteiger partial charge in [0.05, 0.1) is 11.0 Å². The molecular weight excluding hydrogens is 405 g/mol. The molecule has 1 aliphatic rings. The molecule has 1 N–H and O–H groups in total. The Morgan fingerprint density at radius 3 is 2.47 bits per heavy atom. The molecule has 0 radical (unpaired) electrons. The van der Waals surface area contributed by atoms with Crippen LogP contribution in [0.25, 0.3) is 0 Å². The summed E-state index contributed by atoms with van der Waals surface area (Å²) in [7, 11) is -3.75. The molecule has 0 saturated carbocycles. The maximum absolute atomic E-state index is 14.0. The molecule has 2 aromatic carbocycles. The lowest BCUT2D eigenvalue weighted by Gasteiger charge is -2.34. The highest BCUT2D eigenvalue weighted by Gasteiger charge is 2.32. The Balaban J connectivity index is 1.83. The fourth-order valence-electron chi connectivity index (χ4n) is 3.85. The van der Waals surface area contributed by atoms with Crippen molar-refractivity contribution in [2.75, 3.05) is 13.1 Å². The van der Waals surface area contributed by atoms with Gasteiger partial charge in [0.2, 0.25) is 10.0 Å². The van der Waals surface area contributed by atoms with Crippen LogP contribution in [0.4, 0.5) is 4.39 Å². The summed E-state index contributed by atoms with van der Waals surface area (Å²) >= 11 is 0. The Morgan fingerprint density at radius 2 is 1.83 bits per heavy atom. The zero-order valence-electron chi connectivity index (χ0n) is 16.9. The van der Waals surface area contributed by atoms with Crippen LogP contribution in [0.15, 0.2) is 53.4 Å². The first-order valence-corrected chi connectivity index (χ1v) is 11.2. The van der Waals surface area contributed by atoms with E-state index in [4.69, 9.17) is 0 Å². The maximum Gasteiger partial charge on any atom is 0.252 e. The van der Waals surface area contributed by atoms with Crippen molar-refractivity contribution in [3.05, 3.63) is 65.5 Å². The van der Waals surface area contributed by atoms with E-state index in [9.17, 15) is 22.9 Å². The quantitative estimate of drug-likeness (QED) is 0.788. The molecule has 0 aromatic heterocycles. The molecule has 0 spiro atoms. The van der Waals surface area contributed by atoms with Gasteiger partial charge in [-0.1, -0.05) is 38.1 Å². The number of nitrogens with one attached hydrogen (secondary N) is 1. The van der Waals surface area contributed by atoms with E-state index in [0.29, 0.717) is 13.1 Å². The predicted octanol–water partition coefficient (Wildman–Crippen LogP) is 3.49. The molecule has 1 fully saturated rings. The Hall–Kier alpha value is -2.76. The molecule has 6 nitrogen and oxygen atoms in total. The average molecular weight is 430 g/mol. The van der Waals surface area contributed by atoms with Crippen LogP contribution in [0.5, 0.6) is 0 Å². The third kappa shape index (κ3) is 4.69. The minimum atomic E-state index is -3.75. The predicted molar refractivity (Wildman–Crippen MR) is 110 cm³/mol. The van der Waals surface area contributed by atoms with E-state index in [-0.39, 0.29) is 27.9 Å². The summed E-state index contributed by atoms with van der Waals surface area (Å²) < 4.78 is 41.6. The van der Waals surface area contributed by atoms with E-state index in [0.717, 1.165) is 6.42 Å². The lowest BCUT2D eigenvalue weighted by Crippen LogP contribution is -2.42. The molecule has 2 aromatic rings. The summed E-state index contributed by atoms with van der Waals surface area (Å²) in [5, 5.41) is 11.8. The Labute approximate surface area is 176 Å². The van der Waals surface area contributed by atoms with E-state index >= 15 is 0 Å². The molecule has 1 saturated heterocycles. The molecule has 0 aliphatic carbocycles. The van der Waals surface area contributed by atoms with Crippen LogP contribution in [0.3, 0.4) is 0 Å². The third-order valence-electron chi connectivity index (χ3n) is 5.19. The number of sulfonamides is 1. The number of piperidine rings is 1. The second-order valence-corrected chi connectivity index (χ2v) is 9.79. The van der Waals surface area contributed by atoms with Gasteiger partial charge in [0.1, 0.15) is 11.9 Å². The minimum absolute atomic E-state index is 0.0239. The number of carbonyl (C=O) groups excluding carboxylic acids is 1. The van der Waals surface area contributed by atoms with Gasteiger partial charge >= 0.3 is 0 Å². The number of halogens is 1. The van der Waals surface area contributed by atoms with Crippen LogP contribution in [-0.4, -0.2) is 31.7 Å². The molecule has 1 heterocycles. The largest absolute Gasteiger partial charge is 0.332 e. The Morgan fingerprint density at radius 1 is 1.17 bits per heavy atom. The SMILES string of the molecule is CC1CC(C)CN(S(=O)(=O)c2cccc(C(=O)NC(C#N)c3ccccc3F)c2)C1. The summed E-state index contributed by atoms with van der Waals surface area (Å²) in [6, 6.07) is 12.1. The van der Waals surface area contributed by atoms with Crippen molar-refractivity contribution in [2.45, 2.75) is 31.2 Å². The van der Waals surface area contributed by atoms with Crippen LogP contribution < -0.4 is 5.32 Å². The summed E-state index contributed by atoms with van der Waals surface area (Å²) in [6.45, 7) is 4.92. The lowest BCUT2D eigenvalue weighted by atomic mass is 9.94. The lowest BCUT2D eigenvalue weighted by molar-refractivity contribution is 0.0944. The number of rotatable bonds is 5. The number of nitriles is 1. The van der Waals surface area contributed by atoms with Crippen LogP contribution in [0.1, 0.15) is 42.2 Å². The Kier molecular flexibility index (Phi) is 6.54. The van der Waals surface area contributed by atoms with Crippen molar-refractivity contribution in [3.63, 3.8) is 0 Å². The van der Waals surface area contributed by atoms with E-state index < -0.39 is 27.8 Å². The highest BCUT2D eigenvalue weighted by Crippen LogP contribution is 2.27. The Bertz CT molecular complexity index is 1070. The molecule has 158 valence electrons. The van der Waals surface area contributed by atoms with E-state index in [1.165, 1.54) is 46.8 Å². The van der Waals surface area contributed by atoms with E-state index in [1.54, 1.807) is 6.07 Å². The second-order valence-electron chi connectivity index (χ2n) is 7.85. The number of hydrogen-bond donors (Lipinski definition) is 1. The first-order valence-electron chi connectivity index (χ1n) is 9.77. The zero-order chi connectivity index (χ0) is 21.9. The van der Waals surface area contributed by atoms with Crippen LogP contribution >= 0.6 is 0 Å². The molecule has 1 amide bonds. The number of benzene rings is 2. The zero-order valence-corrected chi connectivity index (χ0v) is 17.7. The fraction of sp³-hybridized carbons (Fsp3) is 0.364. The minimum Gasteiger partial charge on any atom is -0.332 e. The van der Waals surface area contributed by atoms with Crippen molar-refractivity contribution < 1.29 is 17.6 Å². The van der Waals surface area contributed by atoms with Crippen molar-refractivity contribution in [3.8, 4) is 6.07 Å². The van der Waals surface area contributed by atoms with Gasteiger partial charge in [0.15, 0.2) is 0 Å². The highest BCUT2D eigenvalue weighted by molar-refractivity contribution is 7.89. The molecular formula is C22H24FN3O3S.